The van der Waals surface area contributed by atoms with Crippen molar-refractivity contribution < 1.29 is 5.11 Å². The molecule has 0 aromatic heterocycles. The van der Waals surface area contributed by atoms with Crippen molar-refractivity contribution in [3.63, 3.8) is 0 Å². The van der Waals surface area contributed by atoms with E-state index in [1.165, 1.54) is 0 Å². The van der Waals surface area contributed by atoms with Gasteiger partial charge in [0.15, 0.2) is 0 Å². The molecule has 0 unspecified atom stereocenters. The summed E-state index contributed by atoms with van der Waals surface area (Å²) in [6.45, 7) is 1.80. The Kier molecular flexibility index (Phi) is 1.87. The summed E-state index contributed by atoms with van der Waals surface area (Å²) in [5, 5.41) is 8.78. The Morgan fingerprint density at radius 3 is 3.17 bits per heavy atom. The van der Waals surface area contributed by atoms with Crippen molar-refractivity contribution in [3.8, 4) is 0 Å². The SMILES string of the molecule is OCCN1C=CN2CC=CC=C21. The lowest BCUT2D eigenvalue weighted by atomic mass is 10.3. The highest BCUT2D eigenvalue weighted by Gasteiger charge is 2.18. The van der Waals surface area contributed by atoms with E-state index in [1.54, 1.807) is 0 Å². The number of nitrogens with zero attached hydrogens (tertiary/aromatic N) is 2. The van der Waals surface area contributed by atoms with E-state index in [0.29, 0.717) is 6.54 Å². The molecule has 3 nitrogen and oxygen atoms in total. The molecule has 3 heteroatoms. The van der Waals surface area contributed by atoms with E-state index in [1.807, 2.05) is 23.4 Å². The summed E-state index contributed by atoms with van der Waals surface area (Å²) in [7, 11) is 0. The lowest BCUT2D eigenvalue weighted by Crippen LogP contribution is -2.26. The second-order valence-electron chi connectivity index (χ2n) is 2.82. The molecule has 2 aliphatic rings. The number of hydrogen-bond donors (Lipinski definition) is 1. The number of fused-ring (bicyclic) bond motifs is 1. The smallest absolute Gasteiger partial charge is 0.112 e. The van der Waals surface area contributed by atoms with Gasteiger partial charge in [-0.15, -0.1) is 0 Å². The van der Waals surface area contributed by atoms with Crippen LogP contribution in [0.5, 0.6) is 0 Å². The number of allylic oxidation sites excluding steroid dienone is 2. The molecule has 64 valence electrons. The van der Waals surface area contributed by atoms with E-state index in [4.69, 9.17) is 5.11 Å². The molecule has 0 saturated heterocycles. The molecule has 0 saturated carbocycles. The van der Waals surface area contributed by atoms with Crippen molar-refractivity contribution in [2.75, 3.05) is 19.7 Å². The Labute approximate surface area is 71.9 Å². The highest BCUT2D eigenvalue weighted by molar-refractivity contribution is 5.24. The largest absolute Gasteiger partial charge is 0.395 e. The number of aliphatic hydroxyl groups is 1. The van der Waals surface area contributed by atoms with Crippen LogP contribution in [0.4, 0.5) is 0 Å². The van der Waals surface area contributed by atoms with Gasteiger partial charge in [0.1, 0.15) is 5.82 Å². The van der Waals surface area contributed by atoms with E-state index in [0.717, 1.165) is 12.4 Å². The minimum absolute atomic E-state index is 0.194. The Morgan fingerprint density at radius 1 is 1.42 bits per heavy atom. The Morgan fingerprint density at radius 2 is 2.33 bits per heavy atom. The summed E-state index contributed by atoms with van der Waals surface area (Å²) in [5.41, 5.74) is 0. The molecule has 0 aromatic rings. The fraction of sp³-hybridized carbons (Fsp3) is 0.333. The molecule has 0 spiro atoms. The number of hydrogen-bond acceptors (Lipinski definition) is 3. The van der Waals surface area contributed by atoms with E-state index >= 15 is 0 Å². The monoisotopic (exact) mass is 164 g/mol. The highest BCUT2D eigenvalue weighted by Crippen LogP contribution is 2.21. The van der Waals surface area contributed by atoms with Crippen LogP contribution in [0.3, 0.4) is 0 Å². The second-order valence-corrected chi connectivity index (χ2v) is 2.82. The average Bonchev–Trinajstić information content (AvgIpc) is 2.50. The third-order valence-corrected chi connectivity index (χ3v) is 2.04. The van der Waals surface area contributed by atoms with Crippen molar-refractivity contribution in [1.29, 1.82) is 0 Å². The van der Waals surface area contributed by atoms with Gasteiger partial charge < -0.3 is 14.9 Å². The quantitative estimate of drug-likeness (QED) is 0.643. The maximum absolute atomic E-state index is 8.78. The molecule has 0 aliphatic carbocycles. The fourth-order valence-electron chi connectivity index (χ4n) is 1.45. The Balaban J connectivity index is 2.13. The summed E-state index contributed by atoms with van der Waals surface area (Å²) in [4.78, 5) is 4.19. The second kappa shape index (κ2) is 3.03. The zero-order chi connectivity index (χ0) is 8.39. The first-order valence-corrected chi connectivity index (χ1v) is 4.11. The summed E-state index contributed by atoms with van der Waals surface area (Å²) < 4.78 is 0. The molecule has 0 atom stereocenters. The van der Waals surface area contributed by atoms with Gasteiger partial charge in [-0.05, 0) is 6.08 Å². The highest BCUT2D eigenvalue weighted by atomic mass is 16.3. The van der Waals surface area contributed by atoms with Gasteiger partial charge in [-0.1, -0.05) is 12.2 Å². The molecule has 0 aromatic carbocycles. The molecule has 0 fully saturated rings. The Bertz CT molecular complexity index is 255. The topological polar surface area (TPSA) is 26.7 Å². The Hall–Kier alpha value is -1.22. The molecular formula is C9H12N2O. The van der Waals surface area contributed by atoms with Gasteiger partial charge in [0, 0.05) is 25.5 Å². The lowest BCUT2D eigenvalue weighted by molar-refractivity contribution is 0.246. The van der Waals surface area contributed by atoms with Gasteiger partial charge in [0.2, 0.25) is 0 Å². The van der Waals surface area contributed by atoms with Crippen molar-refractivity contribution in [3.05, 3.63) is 36.4 Å². The molecule has 1 N–H and O–H groups in total. The molecule has 12 heavy (non-hydrogen) atoms. The van der Waals surface area contributed by atoms with E-state index in [-0.39, 0.29) is 6.61 Å². The third-order valence-electron chi connectivity index (χ3n) is 2.04. The molecule has 0 amide bonds. The summed E-state index contributed by atoms with van der Waals surface area (Å²) in [6.07, 6.45) is 10.2. The number of β-amino-alcohol motifs (C(OH)–C–C–N with tert-alkyl or cyclic N) is 1. The van der Waals surface area contributed by atoms with Crippen LogP contribution >= 0.6 is 0 Å². The van der Waals surface area contributed by atoms with Crippen LogP contribution in [-0.2, 0) is 0 Å². The van der Waals surface area contributed by atoms with E-state index < -0.39 is 0 Å². The van der Waals surface area contributed by atoms with Crippen LogP contribution in [0, 0.1) is 0 Å². The van der Waals surface area contributed by atoms with Crippen molar-refractivity contribution in [1.82, 2.24) is 9.80 Å². The normalized spacial score (nSPS) is 19.9. The molecule has 2 rings (SSSR count). The first-order chi connectivity index (χ1) is 5.92. The van der Waals surface area contributed by atoms with Crippen LogP contribution in [-0.4, -0.2) is 34.6 Å². The summed E-state index contributed by atoms with van der Waals surface area (Å²) in [6, 6.07) is 0. The van der Waals surface area contributed by atoms with Crippen LogP contribution in [0.2, 0.25) is 0 Å². The van der Waals surface area contributed by atoms with Gasteiger partial charge in [0.05, 0.1) is 6.61 Å². The zero-order valence-corrected chi connectivity index (χ0v) is 6.85. The van der Waals surface area contributed by atoms with Gasteiger partial charge in [0.25, 0.3) is 0 Å². The number of aliphatic hydroxyl groups excluding tert-OH is 1. The zero-order valence-electron chi connectivity index (χ0n) is 6.85. The van der Waals surface area contributed by atoms with Crippen LogP contribution in [0.1, 0.15) is 0 Å². The lowest BCUT2D eigenvalue weighted by Gasteiger charge is -2.25. The molecule has 2 aliphatic heterocycles. The minimum Gasteiger partial charge on any atom is -0.395 e. The van der Waals surface area contributed by atoms with Crippen molar-refractivity contribution in [2.24, 2.45) is 0 Å². The van der Waals surface area contributed by atoms with Gasteiger partial charge >= 0.3 is 0 Å². The molecule has 2 heterocycles. The predicted octanol–water partition coefficient (Wildman–Crippen LogP) is 0.479. The fourth-order valence-corrected chi connectivity index (χ4v) is 1.45. The van der Waals surface area contributed by atoms with Crippen LogP contribution in [0.15, 0.2) is 36.4 Å². The van der Waals surface area contributed by atoms with Gasteiger partial charge in [-0.2, -0.15) is 0 Å². The van der Waals surface area contributed by atoms with Crippen molar-refractivity contribution in [2.45, 2.75) is 0 Å². The molecular weight excluding hydrogens is 152 g/mol. The minimum atomic E-state index is 0.194. The molecule has 0 radical (unpaired) electrons. The maximum Gasteiger partial charge on any atom is 0.112 e. The number of rotatable bonds is 2. The summed E-state index contributed by atoms with van der Waals surface area (Å²) >= 11 is 0. The summed E-state index contributed by atoms with van der Waals surface area (Å²) in [5.74, 6) is 1.16. The molecule has 0 bridgehead atoms. The van der Waals surface area contributed by atoms with Crippen molar-refractivity contribution >= 4 is 0 Å². The standard InChI is InChI=1S/C9H12N2O/c12-8-7-11-6-5-10-4-2-1-3-9(10)11/h1-3,5-6,12H,4,7-8H2. The predicted molar refractivity (Wildman–Crippen MR) is 46.9 cm³/mol. The van der Waals surface area contributed by atoms with E-state index in [9.17, 15) is 0 Å². The van der Waals surface area contributed by atoms with Gasteiger partial charge in [-0.3, -0.25) is 0 Å². The van der Waals surface area contributed by atoms with E-state index in [2.05, 4.69) is 17.1 Å². The third kappa shape index (κ3) is 1.12. The average molecular weight is 164 g/mol. The van der Waals surface area contributed by atoms with Crippen LogP contribution < -0.4 is 0 Å². The first-order valence-electron chi connectivity index (χ1n) is 4.11. The maximum atomic E-state index is 8.78. The van der Waals surface area contributed by atoms with Crippen LogP contribution in [0.25, 0.3) is 0 Å². The van der Waals surface area contributed by atoms with Gasteiger partial charge in [-0.25, -0.2) is 0 Å². The first kappa shape index (κ1) is 7.43.